The van der Waals surface area contributed by atoms with Crippen molar-refractivity contribution in [3.8, 4) is 5.75 Å². The summed E-state index contributed by atoms with van der Waals surface area (Å²) in [6.45, 7) is 2.88. The summed E-state index contributed by atoms with van der Waals surface area (Å²) < 4.78 is 25.2. The molecule has 2 N–H and O–H groups in total. The Bertz CT molecular complexity index is 1030. The Labute approximate surface area is 164 Å². The Balaban J connectivity index is 1.70. The molecular weight excluding hydrogens is 385 g/mol. The topological polar surface area (TPSA) is 93.6 Å². The van der Waals surface area contributed by atoms with Crippen LogP contribution in [0, 0.1) is 12.7 Å². The van der Waals surface area contributed by atoms with Crippen LogP contribution in [0.25, 0.3) is 10.2 Å². The van der Waals surface area contributed by atoms with Crippen LogP contribution in [0.15, 0.2) is 24.5 Å². The second-order valence-electron chi connectivity index (χ2n) is 6.49. The average molecular weight is 403 g/mol. The van der Waals surface area contributed by atoms with Crippen molar-refractivity contribution in [2.45, 2.75) is 25.9 Å². The molecule has 1 aliphatic rings. The fourth-order valence-electron chi connectivity index (χ4n) is 3.18. The lowest BCUT2D eigenvalue weighted by Crippen LogP contribution is -2.28. The van der Waals surface area contributed by atoms with Crippen LogP contribution in [0.4, 0.5) is 15.9 Å². The standard InChI is InChI=1S/C19H18FN3O4S/c1-10-15-17(21-9-22-18(15)28-16(10)19(24)25)23-13-5-4-11(20)7-14(13)27-12-3-2-6-26-8-12/h4-5,7,9,12H,2-3,6,8H2,1H3,(H,24,25)(H,21,22,23)/t12-/m1/s1. The van der Waals surface area contributed by atoms with Crippen LogP contribution >= 0.6 is 11.3 Å². The summed E-state index contributed by atoms with van der Waals surface area (Å²) in [6.07, 6.45) is 2.94. The molecule has 3 aromatic rings. The van der Waals surface area contributed by atoms with Crippen molar-refractivity contribution in [3.63, 3.8) is 0 Å². The number of hydrogen-bond acceptors (Lipinski definition) is 7. The number of benzene rings is 1. The SMILES string of the molecule is Cc1c(C(=O)O)sc2ncnc(Nc3ccc(F)cc3O[C@@H]3CCCOC3)c12. The molecule has 7 nitrogen and oxygen atoms in total. The third-order valence-electron chi connectivity index (χ3n) is 4.53. The predicted octanol–water partition coefficient (Wildman–Crippen LogP) is 4.14. The maximum atomic E-state index is 13.8. The Morgan fingerprint density at radius 3 is 3.04 bits per heavy atom. The average Bonchev–Trinajstić information content (AvgIpc) is 3.03. The molecule has 9 heteroatoms. The van der Waals surface area contributed by atoms with E-state index in [1.54, 1.807) is 13.0 Å². The maximum Gasteiger partial charge on any atom is 0.346 e. The molecule has 0 saturated carbocycles. The van der Waals surface area contributed by atoms with Crippen LogP contribution in [0.2, 0.25) is 0 Å². The molecule has 1 atom stereocenters. The normalized spacial score (nSPS) is 16.9. The van der Waals surface area contributed by atoms with Gasteiger partial charge in [0.15, 0.2) is 0 Å². The molecule has 0 unspecified atom stereocenters. The van der Waals surface area contributed by atoms with Gasteiger partial charge in [-0.05, 0) is 37.5 Å². The number of ether oxygens (including phenoxy) is 2. The minimum absolute atomic E-state index is 0.150. The molecule has 0 amide bonds. The highest BCUT2D eigenvalue weighted by Gasteiger charge is 2.21. The van der Waals surface area contributed by atoms with Crippen LogP contribution in [0.5, 0.6) is 5.75 Å². The Morgan fingerprint density at radius 2 is 2.29 bits per heavy atom. The fourth-order valence-corrected chi connectivity index (χ4v) is 4.17. The van der Waals surface area contributed by atoms with Gasteiger partial charge in [-0.3, -0.25) is 0 Å². The van der Waals surface area contributed by atoms with E-state index in [0.717, 1.165) is 24.2 Å². The quantitative estimate of drug-likeness (QED) is 0.661. The molecule has 1 aromatic carbocycles. The van der Waals surface area contributed by atoms with Gasteiger partial charge >= 0.3 is 5.97 Å². The second-order valence-corrected chi connectivity index (χ2v) is 7.49. The van der Waals surface area contributed by atoms with Gasteiger partial charge in [0, 0.05) is 12.7 Å². The van der Waals surface area contributed by atoms with Crippen molar-refractivity contribution in [3.05, 3.63) is 40.8 Å². The number of nitrogens with one attached hydrogen (secondary N) is 1. The minimum atomic E-state index is -1.01. The highest BCUT2D eigenvalue weighted by atomic mass is 32.1. The highest BCUT2D eigenvalue weighted by molar-refractivity contribution is 7.20. The molecule has 0 spiro atoms. The van der Waals surface area contributed by atoms with Gasteiger partial charge in [0.25, 0.3) is 0 Å². The Hall–Kier alpha value is -2.78. The summed E-state index contributed by atoms with van der Waals surface area (Å²) in [5.74, 6) is -0.615. The largest absolute Gasteiger partial charge is 0.486 e. The third kappa shape index (κ3) is 3.63. The first-order chi connectivity index (χ1) is 13.5. The molecule has 3 heterocycles. The van der Waals surface area contributed by atoms with Gasteiger partial charge in [-0.1, -0.05) is 0 Å². The van der Waals surface area contributed by atoms with Gasteiger partial charge in [0.1, 0.15) is 39.5 Å². The summed E-state index contributed by atoms with van der Waals surface area (Å²) in [4.78, 5) is 20.7. The monoisotopic (exact) mass is 403 g/mol. The number of anilines is 2. The minimum Gasteiger partial charge on any atom is -0.486 e. The second kappa shape index (κ2) is 7.69. The first kappa shape index (κ1) is 18.6. The zero-order valence-corrected chi connectivity index (χ0v) is 15.9. The number of hydrogen-bond donors (Lipinski definition) is 2. The molecule has 0 radical (unpaired) electrons. The van der Waals surface area contributed by atoms with Crippen molar-refractivity contribution >= 4 is 39.0 Å². The van der Waals surface area contributed by atoms with Crippen LogP contribution < -0.4 is 10.1 Å². The Morgan fingerprint density at radius 1 is 1.43 bits per heavy atom. The van der Waals surface area contributed by atoms with E-state index in [1.807, 2.05) is 0 Å². The van der Waals surface area contributed by atoms with Crippen molar-refractivity contribution in [1.82, 2.24) is 9.97 Å². The molecule has 28 heavy (non-hydrogen) atoms. The number of thiophene rings is 1. The predicted molar refractivity (Wildman–Crippen MR) is 103 cm³/mol. The number of aryl methyl sites for hydroxylation is 1. The van der Waals surface area contributed by atoms with E-state index in [1.165, 1.54) is 18.5 Å². The molecule has 1 fully saturated rings. The zero-order chi connectivity index (χ0) is 19.7. The number of carboxylic acids is 1. The molecule has 146 valence electrons. The number of rotatable bonds is 5. The van der Waals surface area contributed by atoms with Crippen molar-refractivity contribution in [2.24, 2.45) is 0 Å². The summed E-state index contributed by atoms with van der Waals surface area (Å²) in [5.41, 5.74) is 1.12. The van der Waals surface area contributed by atoms with Crippen molar-refractivity contribution < 1.29 is 23.8 Å². The first-order valence-corrected chi connectivity index (χ1v) is 9.63. The van der Waals surface area contributed by atoms with Gasteiger partial charge in [0.2, 0.25) is 0 Å². The maximum absolute atomic E-state index is 13.8. The molecule has 4 rings (SSSR count). The molecule has 1 saturated heterocycles. The zero-order valence-electron chi connectivity index (χ0n) is 15.1. The Kier molecular flexibility index (Phi) is 5.10. The van der Waals surface area contributed by atoms with Crippen LogP contribution in [-0.2, 0) is 4.74 Å². The number of aromatic nitrogens is 2. The van der Waals surface area contributed by atoms with Gasteiger partial charge in [-0.15, -0.1) is 11.3 Å². The van der Waals surface area contributed by atoms with Gasteiger partial charge in [0.05, 0.1) is 17.7 Å². The van der Waals surface area contributed by atoms with Crippen molar-refractivity contribution in [2.75, 3.05) is 18.5 Å². The number of halogens is 1. The summed E-state index contributed by atoms with van der Waals surface area (Å²) in [5, 5.41) is 13.2. The van der Waals surface area contributed by atoms with E-state index >= 15 is 0 Å². The van der Waals surface area contributed by atoms with E-state index in [2.05, 4.69) is 15.3 Å². The molecule has 0 aliphatic carbocycles. The van der Waals surface area contributed by atoms with E-state index in [0.29, 0.717) is 46.2 Å². The number of carboxylic acid groups (broad SMARTS) is 1. The van der Waals surface area contributed by atoms with E-state index < -0.39 is 11.8 Å². The summed E-state index contributed by atoms with van der Waals surface area (Å²) in [6, 6.07) is 4.22. The number of nitrogens with zero attached hydrogens (tertiary/aromatic N) is 2. The lowest BCUT2D eigenvalue weighted by Gasteiger charge is -2.24. The summed E-state index contributed by atoms with van der Waals surface area (Å²) >= 11 is 1.09. The van der Waals surface area contributed by atoms with E-state index in [4.69, 9.17) is 9.47 Å². The number of aromatic carboxylic acids is 1. The lowest BCUT2D eigenvalue weighted by atomic mass is 10.1. The number of carbonyl (C=O) groups is 1. The van der Waals surface area contributed by atoms with Gasteiger partial charge in [-0.2, -0.15) is 0 Å². The van der Waals surface area contributed by atoms with E-state index in [-0.39, 0.29) is 11.0 Å². The molecular formula is C19H18FN3O4S. The lowest BCUT2D eigenvalue weighted by molar-refractivity contribution is 0.00763. The van der Waals surface area contributed by atoms with Crippen LogP contribution in [-0.4, -0.2) is 40.4 Å². The van der Waals surface area contributed by atoms with Gasteiger partial charge < -0.3 is 19.9 Å². The first-order valence-electron chi connectivity index (χ1n) is 8.81. The summed E-state index contributed by atoms with van der Waals surface area (Å²) in [7, 11) is 0. The van der Waals surface area contributed by atoms with Crippen LogP contribution in [0.1, 0.15) is 28.1 Å². The molecule has 1 aliphatic heterocycles. The third-order valence-corrected chi connectivity index (χ3v) is 5.72. The smallest absolute Gasteiger partial charge is 0.346 e. The van der Waals surface area contributed by atoms with Gasteiger partial charge in [-0.25, -0.2) is 19.2 Å². The number of fused-ring (bicyclic) bond motifs is 1. The molecule has 0 bridgehead atoms. The van der Waals surface area contributed by atoms with Crippen LogP contribution in [0.3, 0.4) is 0 Å². The molecule has 2 aromatic heterocycles. The fraction of sp³-hybridized carbons (Fsp3) is 0.316. The van der Waals surface area contributed by atoms with Crippen molar-refractivity contribution in [1.29, 1.82) is 0 Å². The highest BCUT2D eigenvalue weighted by Crippen LogP contribution is 2.36. The van der Waals surface area contributed by atoms with E-state index in [9.17, 15) is 14.3 Å².